The number of halogens is 2. The molecule has 21 heavy (non-hydrogen) atoms. The van der Waals surface area contributed by atoms with Gasteiger partial charge in [0.15, 0.2) is 0 Å². The summed E-state index contributed by atoms with van der Waals surface area (Å²) >= 11 is 9.13. The van der Waals surface area contributed by atoms with Crippen molar-refractivity contribution >= 4 is 49.1 Å². The number of rotatable bonds is 3. The second kappa shape index (κ2) is 6.15. The van der Waals surface area contributed by atoms with Crippen molar-refractivity contribution in [3.63, 3.8) is 0 Å². The Balaban J connectivity index is 2.29. The lowest BCUT2D eigenvalue weighted by molar-refractivity contribution is 0.102. The van der Waals surface area contributed by atoms with Crippen LogP contribution in [0.1, 0.15) is 10.4 Å². The van der Waals surface area contributed by atoms with Crippen LogP contribution >= 0.6 is 27.5 Å². The monoisotopic (exact) mass is 388 g/mol. The number of nitrogens with one attached hydrogen (secondary N) is 1. The molecule has 5 nitrogen and oxygen atoms in total. The van der Waals surface area contributed by atoms with E-state index in [-0.39, 0.29) is 4.90 Å². The van der Waals surface area contributed by atoms with Crippen LogP contribution in [0.15, 0.2) is 51.8 Å². The Labute approximate surface area is 135 Å². The van der Waals surface area contributed by atoms with Crippen molar-refractivity contribution in [1.29, 1.82) is 0 Å². The number of carbonyl (C=O) groups is 1. The first-order valence-corrected chi connectivity index (χ1v) is 8.39. The van der Waals surface area contributed by atoms with Gasteiger partial charge < -0.3 is 5.32 Å². The van der Waals surface area contributed by atoms with Gasteiger partial charge in [-0.1, -0.05) is 23.7 Å². The fraction of sp³-hybridized carbons (Fsp3) is 0. The third kappa shape index (κ3) is 3.82. The molecule has 0 heterocycles. The molecule has 0 saturated heterocycles. The molecule has 0 aromatic heterocycles. The van der Waals surface area contributed by atoms with Crippen LogP contribution in [-0.4, -0.2) is 14.3 Å². The van der Waals surface area contributed by atoms with Gasteiger partial charge in [-0.05, 0) is 46.3 Å². The average molecular weight is 390 g/mol. The van der Waals surface area contributed by atoms with Gasteiger partial charge in [-0.25, -0.2) is 13.6 Å². The molecule has 110 valence electrons. The minimum absolute atomic E-state index is 0.0508. The van der Waals surface area contributed by atoms with Gasteiger partial charge in [0.1, 0.15) is 0 Å². The van der Waals surface area contributed by atoms with E-state index >= 15 is 0 Å². The van der Waals surface area contributed by atoms with Crippen LogP contribution in [0.3, 0.4) is 0 Å². The Morgan fingerprint density at radius 2 is 1.86 bits per heavy atom. The Kier molecular flexibility index (Phi) is 4.67. The van der Waals surface area contributed by atoms with Gasteiger partial charge in [0.25, 0.3) is 5.91 Å². The number of nitrogens with two attached hydrogens (primary N) is 1. The summed E-state index contributed by atoms with van der Waals surface area (Å²) in [6.45, 7) is 0. The SMILES string of the molecule is NS(=O)(=O)c1ccc(NC(=O)c2ccccc2Cl)c(Br)c1. The molecule has 0 bridgehead atoms. The van der Waals surface area contributed by atoms with E-state index in [1.807, 2.05) is 0 Å². The molecule has 0 atom stereocenters. The molecule has 2 aromatic carbocycles. The summed E-state index contributed by atoms with van der Waals surface area (Å²) in [6, 6.07) is 10.7. The molecular weight excluding hydrogens is 380 g/mol. The zero-order valence-corrected chi connectivity index (χ0v) is 13.7. The molecule has 2 aromatic rings. The van der Waals surface area contributed by atoms with E-state index in [1.165, 1.54) is 18.2 Å². The molecule has 0 aliphatic rings. The summed E-state index contributed by atoms with van der Waals surface area (Å²) in [5.74, 6) is -0.398. The minimum Gasteiger partial charge on any atom is -0.321 e. The normalized spacial score (nSPS) is 11.2. The lowest BCUT2D eigenvalue weighted by atomic mass is 10.2. The van der Waals surface area contributed by atoms with Crippen LogP contribution in [0.4, 0.5) is 5.69 Å². The van der Waals surface area contributed by atoms with Gasteiger partial charge in [-0.3, -0.25) is 4.79 Å². The highest BCUT2D eigenvalue weighted by atomic mass is 79.9. The van der Waals surface area contributed by atoms with Crippen LogP contribution < -0.4 is 10.5 Å². The maximum absolute atomic E-state index is 12.1. The molecule has 0 spiro atoms. The van der Waals surface area contributed by atoms with E-state index in [4.69, 9.17) is 16.7 Å². The van der Waals surface area contributed by atoms with Gasteiger partial charge in [0.05, 0.1) is 21.2 Å². The topological polar surface area (TPSA) is 89.3 Å². The zero-order valence-electron chi connectivity index (χ0n) is 10.5. The summed E-state index contributed by atoms with van der Waals surface area (Å²) in [5.41, 5.74) is 0.730. The summed E-state index contributed by atoms with van der Waals surface area (Å²) in [5, 5.41) is 8.00. The van der Waals surface area contributed by atoms with Gasteiger partial charge in [0, 0.05) is 4.47 Å². The Morgan fingerprint density at radius 1 is 1.19 bits per heavy atom. The number of carbonyl (C=O) groups excluding carboxylic acids is 1. The van der Waals surface area contributed by atoms with E-state index < -0.39 is 15.9 Å². The highest BCUT2D eigenvalue weighted by molar-refractivity contribution is 9.10. The van der Waals surface area contributed by atoms with E-state index in [2.05, 4.69) is 21.2 Å². The number of amides is 1. The second-order valence-corrected chi connectivity index (χ2v) is 6.94. The molecule has 1 amide bonds. The largest absolute Gasteiger partial charge is 0.321 e. The number of hydrogen-bond acceptors (Lipinski definition) is 3. The molecule has 0 radical (unpaired) electrons. The number of anilines is 1. The van der Waals surface area contributed by atoms with Crippen molar-refractivity contribution in [2.24, 2.45) is 5.14 Å². The van der Waals surface area contributed by atoms with Crippen molar-refractivity contribution in [3.05, 3.63) is 57.5 Å². The predicted molar refractivity (Wildman–Crippen MR) is 84.9 cm³/mol. The van der Waals surface area contributed by atoms with Gasteiger partial charge >= 0.3 is 0 Å². The quantitative estimate of drug-likeness (QED) is 0.845. The summed E-state index contributed by atoms with van der Waals surface area (Å²) < 4.78 is 22.9. The third-order valence-electron chi connectivity index (χ3n) is 2.64. The summed E-state index contributed by atoms with van der Waals surface area (Å²) in [6.07, 6.45) is 0. The van der Waals surface area contributed by atoms with Crippen LogP contribution in [-0.2, 0) is 10.0 Å². The van der Waals surface area contributed by atoms with E-state index in [0.29, 0.717) is 20.7 Å². The molecule has 3 N–H and O–H groups in total. The smallest absolute Gasteiger partial charge is 0.257 e. The Hall–Kier alpha value is -1.41. The summed E-state index contributed by atoms with van der Waals surface area (Å²) in [4.78, 5) is 12.1. The van der Waals surface area contributed by atoms with Crippen molar-refractivity contribution < 1.29 is 13.2 Å². The first-order chi connectivity index (χ1) is 9.79. The summed E-state index contributed by atoms with van der Waals surface area (Å²) in [7, 11) is -3.79. The van der Waals surface area contributed by atoms with Gasteiger partial charge in [-0.2, -0.15) is 0 Å². The molecule has 0 fully saturated rings. The van der Waals surface area contributed by atoms with Crippen molar-refractivity contribution in [1.82, 2.24) is 0 Å². The number of primary sulfonamides is 1. The maximum Gasteiger partial charge on any atom is 0.257 e. The molecule has 8 heteroatoms. The molecular formula is C13H10BrClN2O3S. The highest BCUT2D eigenvalue weighted by Crippen LogP contribution is 2.26. The van der Waals surface area contributed by atoms with Crippen LogP contribution in [0.5, 0.6) is 0 Å². The minimum atomic E-state index is -3.79. The number of sulfonamides is 1. The van der Waals surface area contributed by atoms with Crippen molar-refractivity contribution in [3.8, 4) is 0 Å². The molecule has 2 rings (SSSR count). The molecule has 0 aliphatic carbocycles. The van der Waals surface area contributed by atoms with E-state index in [1.54, 1.807) is 24.3 Å². The van der Waals surface area contributed by atoms with Crippen molar-refractivity contribution in [2.75, 3.05) is 5.32 Å². The zero-order chi connectivity index (χ0) is 15.6. The second-order valence-electron chi connectivity index (χ2n) is 4.12. The highest BCUT2D eigenvalue weighted by Gasteiger charge is 2.14. The van der Waals surface area contributed by atoms with Crippen LogP contribution in [0.25, 0.3) is 0 Å². The number of benzene rings is 2. The Bertz CT molecular complexity index is 809. The van der Waals surface area contributed by atoms with Gasteiger partial charge in [0.2, 0.25) is 10.0 Å². The van der Waals surface area contributed by atoms with E-state index in [0.717, 1.165) is 0 Å². The Morgan fingerprint density at radius 3 is 2.43 bits per heavy atom. The fourth-order valence-corrected chi connectivity index (χ4v) is 3.00. The molecule has 0 aliphatic heterocycles. The first-order valence-electron chi connectivity index (χ1n) is 5.67. The van der Waals surface area contributed by atoms with E-state index in [9.17, 15) is 13.2 Å². The first kappa shape index (κ1) is 16.0. The molecule has 0 unspecified atom stereocenters. The number of hydrogen-bond donors (Lipinski definition) is 2. The maximum atomic E-state index is 12.1. The van der Waals surface area contributed by atoms with Crippen LogP contribution in [0.2, 0.25) is 5.02 Å². The van der Waals surface area contributed by atoms with Crippen LogP contribution in [0, 0.1) is 0 Å². The van der Waals surface area contributed by atoms with Crippen molar-refractivity contribution in [2.45, 2.75) is 4.90 Å². The standard InChI is InChI=1S/C13H10BrClN2O3S/c14-10-7-8(21(16,19)20)5-6-12(10)17-13(18)9-3-1-2-4-11(9)15/h1-7H,(H,17,18)(H2,16,19,20). The lowest BCUT2D eigenvalue weighted by Gasteiger charge is -2.09. The third-order valence-corrected chi connectivity index (χ3v) is 4.53. The lowest BCUT2D eigenvalue weighted by Crippen LogP contribution is -2.14. The van der Waals surface area contributed by atoms with Gasteiger partial charge in [-0.15, -0.1) is 0 Å². The fourth-order valence-electron chi connectivity index (χ4n) is 1.61. The molecule has 0 saturated carbocycles. The predicted octanol–water partition coefficient (Wildman–Crippen LogP) is 3.00. The average Bonchev–Trinajstić information content (AvgIpc) is 2.40.